The molecule has 3 N–H and O–H groups in total. The van der Waals surface area contributed by atoms with Crippen molar-refractivity contribution in [2.24, 2.45) is 0 Å². The Bertz CT molecular complexity index is 1150. The average molecular weight is 850 g/mol. The van der Waals surface area contributed by atoms with Gasteiger partial charge in [0.05, 0.1) is 13.2 Å². The van der Waals surface area contributed by atoms with E-state index in [-0.39, 0.29) is 32.1 Å². The van der Waals surface area contributed by atoms with Crippen LogP contribution in [0.25, 0.3) is 0 Å². The summed E-state index contributed by atoms with van der Waals surface area (Å²) in [5, 5.41) is 12.7. The Kier molecular flexibility index (Phi) is 43.5. The maximum atomic E-state index is 12.1. The molecule has 0 aromatic carbocycles. The summed E-state index contributed by atoms with van der Waals surface area (Å²) in [7, 11) is -4.43. The molecule has 9 nitrogen and oxygen atoms in total. The fourth-order valence-corrected chi connectivity index (χ4v) is 7.12. The van der Waals surface area contributed by atoms with E-state index in [1.807, 2.05) is 0 Å². The van der Waals surface area contributed by atoms with Crippen molar-refractivity contribution < 1.29 is 37.9 Å². The molecule has 0 saturated carbocycles. The average Bonchev–Trinajstić information content (AvgIpc) is 3.22. The second-order valence-electron chi connectivity index (χ2n) is 15.7. The van der Waals surface area contributed by atoms with E-state index in [1.54, 1.807) is 0 Å². The lowest BCUT2D eigenvalue weighted by atomic mass is 10.0. The van der Waals surface area contributed by atoms with Crippen LogP contribution in [0.3, 0.4) is 0 Å². The molecule has 2 atom stereocenters. The zero-order valence-corrected chi connectivity index (χ0v) is 38.6. The predicted octanol–water partition coefficient (Wildman–Crippen LogP) is 13.7. The van der Waals surface area contributed by atoms with Gasteiger partial charge in [-0.05, 0) is 77.0 Å². The smallest absolute Gasteiger partial charge is 0.463 e. The van der Waals surface area contributed by atoms with Gasteiger partial charge in [-0.15, -0.1) is 0 Å². The number of aliphatic hydroxyl groups excluding tert-OH is 1. The normalized spacial score (nSPS) is 13.8. The van der Waals surface area contributed by atoms with Gasteiger partial charge in [0.25, 0.3) is 0 Å². The minimum atomic E-state index is -4.43. The Morgan fingerprint density at radius 3 is 1.46 bits per heavy atom. The number of hydrogen-bond donors (Lipinski definition) is 3. The molecule has 0 aromatic rings. The lowest BCUT2D eigenvalue weighted by Crippen LogP contribution is -2.27. The second-order valence-corrected chi connectivity index (χ2v) is 17.1. The molecule has 0 aliphatic rings. The lowest BCUT2D eigenvalue weighted by Gasteiger charge is -2.15. The van der Waals surface area contributed by atoms with Crippen LogP contribution in [-0.4, -0.2) is 54.3 Å². The monoisotopic (exact) mass is 850 g/mol. The fraction of sp³-hybridized carbons (Fsp3) is 0.755. The number of carbonyl (C=O) groups excluding carboxylic acids is 2. The Balaban J connectivity index is 3.59. The van der Waals surface area contributed by atoms with E-state index in [0.29, 0.717) is 6.42 Å². The van der Waals surface area contributed by atoms with Gasteiger partial charge in [-0.3, -0.25) is 18.6 Å². The summed E-state index contributed by atoms with van der Waals surface area (Å²) < 4.78 is 26.9. The van der Waals surface area contributed by atoms with Crippen molar-refractivity contribution >= 4 is 19.7 Å². The summed E-state index contributed by atoms with van der Waals surface area (Å²) in [6, 6.07) is 0. The molecule has 10 heteroatoms. The van der Waals surface area contributed by atoms with Crippen LogP contribution in [0.4, 0.5) is 0 Å². The van der Waals surface area contributed by atoms with Gasteiger partial charge in [-0.25, -0.2) is 4.57 Å². The number of phosphoric ester groups is 1. The van der Waals surface area contributed by atoms with E-state index in [4.69, 9.17) is 13.8 Å². The molecule has 2 unspecified atom stereocenters. The highest BCUT2D eigenvalue weighted by molar-refractivity contribution is 7.47. The summed E-state index contributed by atoms with van der Waals surface area (Å²) in [4.78, 5) is 34.0. The molecule has 1 amide bonds. The quantitative estimate of drug-likeness (QED) is 0.0239. The lowest BCUT2D eigenvalue weighted by molar-refractivity contribution is -0.147. The van der Waals surface area contributed by atoms with Crippen LogP contribution in [0.15, 0.2) is 60.8 Å². The van der Waals surface area contributed by atoms with Crippen LogP contribution in [0, 0.1) is 0 Å². The van der Waals surface area contributed by atoms with E-state index in [9.17, 15) is 24.2 Å². The zero-order chi connectivity index (χ0) is 43.2. The van der Waals surface area contributed by atoms with Gasteiger partial charge in [0.15, 0.2) is 0 Å². The van der Waals surface area contributed by atoms with E-state index in [0.717, 1.165) is 70.6 Å². The van der Waals surface area contributed by atoms with Gasteiger partial charge >= 0.3 is 13.8 Å². The van der Waals surface area contributed by atoms with Crippen molar-refractivity contribution in [1.29, 1.82) is 0 Å². The van der Waals surface area contributed by atoms with E-state index in [2.05, 4.69) is 79.9 Å². The highest BCUT2D eigenvalue weighted by Gasteiger charge is 2.23. The molecule has 0 heterocycles. The van der Waals surface area contributed by atoms with Gasteiger partial charge in [-0.1, -0.05) is 177 Å². The molecular weight excluding hydrogens is 762 g/mol. The Morgan fingerprint density at radius 2 is 0.966 bits per heavy atom. The molecule has 0 fully saturated rings. The first kappa shape index (κ1) is 56.7. The van der Waals surface area contributed by atoms with Gasteiger partial charge < -0.3 is 20.1 Å². The number of allylic oxidation sites excluding steroid dienone is 10. The maximum absolute atomic E-state index is 12.1. The van der Waals surface area contributed by atoms with E-state index < -0.39 is 26.5 Å². The number of phosphoric acid groups is 1. The van der Waals surface area contributed by atoms with Gasteiger partial charge in [0, 0.05) is 19.4 Å². The first-order valence-electron chi connectivity index (χ1n) is 23.8. The van der Waals surface area contributed by atoms with Crippen molar-refractivity contribution in [3.63, 3.8) is 0 Å². The minimum Gasteiger partial charge on any atom is -0.463 e. The van der Waals surface area contributed by atoms with Crippen LogP contribution < -0.4 is 5.32 Å². The summed E-state index contributed by atoms with van der Waals surface area (Å²) in [6.07, 6.45) is 54.3. The largest absolute Gasteiger partial charge is 0.472 e. The molecule has 0 spiro atoms. The number of carbonyl (C=O) groups is 2. The first-order valence-corrected chi connectivity index (χ1v) is 25.3. The third-order valence-electron chi connectivity index (χ3n) is 9.93. The second kappa shape index (κ2) is 45.2. The van der Waals surface area contributed by atoms with Crippen molar-refractivity contribution in [2.75, 3.05) is 26.4 Å². The maximum Gasteiger partial charge on any atom is 0.472 e. The Morgan fingerprint density at radius 1 is 0.542 bits per heavy atom. The van der Waals surface area contributed by atoms with Crippen LogP contribution in [0.5, 0.6) is 0 Å². The first-order chi connectivity index (χ1) is 28.8. The molecular formula is C49H88NO8P. The third-order valence-corrected chi connectivity index (χ3v) is 10.9. The number of nitrogens with one attached hydrogen (secondary N) is 1. The number of hydrogen-bond acceptors (Lipinski definition) is 7. The highest BCUT2D eigenvalue weighted by atomic mass is 31.2. The van der Waals surface area contributed by atoms with Crippen molar-refractivity contribution in [1.82, 2.24) is 5.32 Å². The van der Waals surface area contributed by atoms with Gasteiger partial charge in [-0.2, -0.15) is 0 Å². The van der Waals surface area contributed by atoms with Gasteiger partial charge in [0.2, 0.25) is 5.91 Å². The molecule has 0 rings (SSSR count). The van der Waals surface area contributed by atoms with Crippen LogP contribution >= 0.6 is 7.82 Å². The standard InChI is InChI=1S/C49H88NO8P/c1-3-5-7-9-11-13-15-17-19-21-22-23-24-26-28-30-32-34-36-38-40-42-49(53)56-45-47(51)46-58-59(54,55)57-44-43-50-48(52)41-39-37-35-33-31-29-27-25-20-18-16-14-12-10-8-6-4-2/h6,8,11-14,17-20,47,51H,3-5,7,9-10,15-16,21-46H2,1-2H3,(H,50,52)(H,54,55)/b8-6-,13-11-,14-12-,19-17-,20-18-. The number of amides is 1. The summed E-state index contributed by atoms with van der Waals surface area (Å²) in [5.41, 5.74) is 0. The number of aliphatic hydroxyl groups is 1. The molecule has 0 aromatic heterocycles. The summed E-state index contributed by atoms with van der Waals surface area (Å²) in [6.45, 7) is 3.41. The molecule has 59 heavy (non-hydrogen) atoms. The highest BCUT2D eigenvalue weighted by Crippen LogP contribution is 2.42. The molecule has 0 saturated heterocycles. The Labute approximate surface area is 361 Å². The van der Waals surface area contributed by atoms with E-state index >= 15 is 0 Å². The minimum absolute atomic E-state index is 0.0739. The number of esters is 1. The van der Waals surface area contributed by atoms with E-state index in [1.165, 1.54) is 109 Å². The van der Waals surface area contributed by atoms with Crippen LogP contribution in [0.2, 0.25) is 0 Å². The number of ether oxygens (including phenoxy) is 1. The predicted molar refractivity (Wildman–Crippen MR) is 247 cm³/mol. The topological polar surface area (TPSA) is 131 Å². The molecule has 0 aliphatic carbocycles. The number of unbranched alkanes of at least 4 members (excludes halogenated alkanes) is 21. The Hall–Kier alpha value is -2.29. The van der Waals surface area contributed by atoms with Crippen molar-refractivity contribution in [2.45, 2.75) is 213 Å². The third kappa shape index (κ3) is 46.6. The number of rotatable bonds is 44. The van der Waals surface area contributed by atoms with Crippen molar-refractivity contribution in [3.8, 4) is 0 Å². The van der Waals surface area contributed by atoms with Gasteiger partial charge in [0.1, 0.15) is 12.7 Å². The van der Waals surface area contributed by atoms with Crippen molar-refractivity contribution in [3.05, 3.63) is 60.8 Å². The zero-order valence-electron chi connectivity index (χ0n) is 37.7. The van der Waals surface area contributed by atoms with Crippen LogP contribution in [-0.2, 0) is 27.9 Å². The molecule has 0 aliphatic heterocycles. The molecule has 0 radical (unpaired) electrons. The summed E-state index contributed by atoms with van der Waals surface area (Å²) in [5.74, 6) is -0.528. The fourth-order valence-electron chi connectivity index (χ4n) is 6.37. The molecule has 342 valence electrons. The SMILES string of the molecule is CC/C=C\C/C=C\C/C=C\CCCCCCCCCC(=O)NCCOP(=O)(O)OCC(O)COC(=O)CCCCCCCCCCCCC/C=C\C/C=C\CCCCC. The molecule has 0 bridgehead atoms. The summed E-state index contributed by atoms with van der Waals surface area (Å²) >= 11 is 0. The van der Waals surface area contributed by atoms with Crippen LogP contribution in [0.1, 0.15) is 206 Å².